The number of nitrogens with zero attached hydrogens (tertiary/aromatic N) is 3. The SMILES string of the molecule is Cn1ccnc1C(=O)Nc1ccc2[nH]ncc2c1. The third-order valence-electron chi connectivity index (χ3n) is 2.72. The van der Waals surface area contributed by atoms with Crippen molar-refractivity contribution < 1.29 is 4.79 Å². The molecule has 6 nitrogen and oxygen atoms in total. The Morgan fingerprint density at radius 1 is 1.44 bits per heavy atom. The van der Waals surface area contributed by atoms with E-state index in [1.54, 1.807) is 30.2 Å². The average molecular weight is 241 g/mol. The van der Waals surface area contributed by atoms with Crippen LogP contribution in [0.4, 0.5) is 5.69 Å². The van der Waals surface area contributed by atoms with E-state index in [9.17, 15) is 4.79 Å². The van der Waals surface area contributed by atoms with Gasteiger partial charge in [0.15, 0.2) is 5.82 Å². The van der Waals surface area contributed by atoms with E-state index in [-0.39, 0.29) is 5.91 Å². The molecular weight excluding hydrogens is 230 g/mol. The smallest absolute Gasteiger partial charge is 0.291 e. The van der Waals surface area contributed by atoms with Crippen molar-refractivity contribution in [3.05, 3.63) is 42.6 Å². The Hall–Kier alpha value is -2.63. The third-order valence-corrected chi connectivity index (χ3v) is 2.72. The summed E-state index contributed by atoms with van der Waals surface area (Å²) in [5.41, 5.74) is 1.65. The number of aromatic amines is 1. The summed E-state index contributed by atoms with van der Waals surface area (Å²) in [6.45, 7) is 0. The molecule has 2 N–H and O–H groups in total. The summed E-state index contributed by atoms with van der Waals surface area (Å²) in [4.78, 5) is 15.9. The topological polar surface area (TPSA) is 75.6 Å². The second kappa shape index (κ2) is 3.99. The van der Waals surface area contributed by atoms with Crippen LogP contribution in [-0.4, -0.2) is 25.7 Å². The number of carbonyl (C=O) groups excluding carboxylic acids is 1. The number of aromatic nitrogens is 4. The highest BCUT2D eigenvalue weighted by molar-refractivity contribution is 6.02. The molecule has 2 aromatic heterocycles. The minimum Gasteiger partial charge on any atom is -0.330 e. The standard InChI is InChI=1S/C12H11N5O/c1-17-5-4-13-11(17)12(18)15-9-2-3-10-8(6-9)7-14-16-10/h2-7H,1H3,(H,14,16)(H,15,18). The Bertz CT molecular complexity index is 712. The minimum atomic E-state index is -0.231. The number of nitrogens with one attached hydrogen (secondary N) is 2. The third kappa shape index (κ3) is 1.73. The number of rotatable bonds is 2. The summed E-state index contributed by atoms with van der Waals surface area (Å²) >= 11 is 0. The Labute approximate surface area is 103 Å². The molecule has 0 unspecified atom stereocenters. The van der Waals surface area contributed by atoms with Gasteiger partial charge < -0.3 is 9.88 Å². The van der Waals surface area contributed by atoms with Gasteiger partial charge in [0.2, 0.25) is 0 Å². The highest BCUT2D eigenvalue weighted by Crippen LogP contribution is 2.17. The number of amides is 1. The van der Waals surface area contributed by atoms with Crippen LogP contribution in [0.2, 0.25) is 0 Å². The second-order valence-corrected chi connectivity index (χ2v) is 3.99. The summed E-state index contributed by atoms with van der Waals surface area (Å²) in [7, 11) is 1.78. The molecule has 0 saturated carbocycles. The summed E-state index contributed by atoms with van der Waals surface area (Å²) in [5.74, 6) is 0.146. The number of anilines is 1. The lowest BCUT2D eigenvalue weighted by Gasteiger charge is -2.04. The zero-order valence-corrected chi connectivity index (χ0v) is 9.71. The lowest BCUT2D eigenvalue weighted by Crippen LogP contribution is -2.16. The molecule has 18 heavy (non-hydrogen) atoms. The lowest BCUT2D eigenvalue weighted by molar-refractivity contribution is 0.101. The van der Waals surface area contributed by atoms with Crippen molar-refractivity contribution in [1.29, 1.82) is 0 Å². The summed E-state index contributed by atoms with van der Waals surface area (Å²) < 4.78 is 1.67. The molecule has 0 aliphatic carbocycles. The van der Waals surface area contributed by atoms with E-state index >= 15 is 0 Å². The van der Waals surface area contributed by atoms with Gasteiger partial charge >= 0.3 is 0 Å². The molecule has 0 saturated heterocycles. The van der Waals surface area contributed by atoms with Gasteiger partial charge in [0, 0.05) is 30.5 Å². The van der Waals surface area contributed by atoms with Gasteiger partial charge in [-0.1, -0.05) is 0 Å². The van der Waals surface area contributed by atoms with E-state index in [0.717, 1.165) is 16.6 Å². The zero-order chi connectivity index (χ0) is 12.5. The first kappa shape index (κ1) is 10.5. The van der Waals surface area contributed by atoms with Crippen molar-refractivity contribution in [3.63, 3.8) is 0 Å². The molecule has 6 heteroatoms. The predicted octanol–water partition coefficient (Wildman–Crippen LogP) is 1.55. The molecule has 1 amide bonds. The van der Waals surface area contributed by atoms with Gasteiger partial charge in [-0.25, -0.2) is 4.98 Å². The highest BCUT2D eigenvalue weighted by Gasteiger charge is 2.11. The first-order valence-electron chi connectivity index (χ1n) is 5.46. The van der Waals surface area contributed by atoms with E-state index in [0.29, 0.717) is 5.82 Å². The fraction of sp³-hybridized carbons (Fsp3) is 0.0833. The quantitative estimate of drug-likeness (QED) is 0.714. The normalized spacial score (nSPS) is 10.7. The molecule has 3 rings (SSSR count). The molecule has 0 bridgehead atoms. The Morgan fingerprint density at radius 2 is 2.33 bits per heavy atom. The largest absolute Gasteiger partial charge is 0.330 e. The van der Waals surface area contributed by atoms with Crippen LogP contribution in [0.25, 0.3) is 10.9 Å². The van der Waals surface area contributed by atoms with Gasteiger partial charge in [-0.15, -0.1) is 0 Å². The van der Waals surface area contributed by atoms with Crippen LogP contribution in [0, 0.1) is 0 Å². The number of benzene rings is 1. The number of carbonyl (C=O) groups is 1. The summed E-state index contributed by atoms with van der Waals surface area (Å²) in [5, 5.41) is 10.5. The Kier molecular flexibility index (Phi) is 2.33. The van der Waals surface area contributed by atoms with Gasteiger partial charge in [-0.3, -0.25) is 9.89 Å². The Morgan fingerprint density at radius 3 is 3.11 bits per heavy atom. The van der Waals surface area contributed by atoms with Crippen molar-refractivity contribution in [2.75, 3.05) is 5.32 Å². The molecule has 0 fully saturated rings. The van der Waals surface area contributed by atoms with Gasteiger partial charge in [-0.2, -0.15) is 5.10 Å². The van der Waals surface area contributed by atoms with Crippen LogP contribution in [0.15, 0.2) is 36.8 Å². The van der Waals surface area contributed by atoms with Gasteiger partial charge in [0.1, 0.15) is 0 Å². The van der Waals surface area contributed by atoms with Crippen molar-refractivity contribution >= 4 is 22.5 Å². The first-order valence-corrected chi connectivity index (χ1v) is 5.46. The molecule has 0 atom stereocenters. The zero-order valence-electron chi connectivity index (χ0n) is 9.71. The molecule has 2 heterocycles. The first-order chi connectivity index (χ1) is 8.74. The van der Waals surface area contributed by atoms with Crippen LogP contribution in [0.3, 0.4) is 0 Å². The molecule has 0 radical (unpaired) electrons. The maximum absolute atomic E-state index is 12.0. The molecule has 0 spiro atoms. The summed E-state index contributed by atoms with van der Waals surface area (Å²) in [6.07, 6.45) is 5.04. The van der Waals surface area contributed by atoms with Crippen molar-refractivity contribution in [3.8, 4) is 0 Å². The molecule has 0 aliphatic heterocycles. The maximum atomic E-state index is 12.0. The monoisotopic (exact) mass is 241 g/mol. The number of hydrogen-bond acceptors (Lipinski definition) is 3. The van der Waals surface area contributed by atoms with Crippen LogP contribution in [0.5, 0.6) is 0 Å². The average Bonchev–Trinajstić information content (AvgIpc) is 2.96. The van der Waals surface area contributed by atoms with Gasteiger partial charge in [0.05, 0.1) is 11.7 Å². The molecular formula is C12H11N5O. The number of imidazole rings is 1. The van der Waals surface area contributed by atoms with E-state index in [1.165, 1.54) is 0 Å². The van der Waals surface area contributed by atoms with Crippen LogP contribution < -0.4 is 5.32 Å². The number of H-pyrrole nitrogens is 1. The van der Waals surface area contributed by atoms with E-state index in [2.05, 4.69) is 20.5 Å². The Balaban J connectivity index is 1.88. The molecule has 1 aromatic carbocycles. The van der Waals surface area contributed by atoms with Crippen molar-refractivity contribution in [1.82, 2.24) is 19.7 Å². The van der Waals surface area contributed by atoms with E-state index < -0.39 is 0 Å². The number of aryl methyl sites for hydroxylation is 1. The molecule has 3 aromatic rings. The van der Waals surface area contributed by atoms with Gasteiger partial charge in [-0.05, 0) is 18.2 Å². The fourth-order valence-corrected chi connectivity index (χ4v) is 1.79. The van der Waals surface area contributed by atoms with Gasteiger partial charge in [0.25, 0.3) is 5.91 Å². The summed E-state index contributed by atoms with van der Waals surface area (Å²) in [6, 6.07) is 5.55. The highest BCUT2D eigenvalue weighted by atomic mass is 16.2. The maximum Gasteiger partial charge on any atom is 0.291 e. The van der Waals surface area contributed by atoms with E-state index in [4.69, 9.17) is 0 Å². The lowest BCUT2D eigenvalue weighted by atomic mass is 10.2. The fourth-order valence-electron chi connectivity index (χ4n) is 1.79. The van der Waals surface area contributed by atoms with Crippen LogP contribution >= 0.6 is 0 Å². The van der Waals surface area contributed by atoms with Crippen molar-refractivity contribution in [2.24, 2.45) is 7.05 Å². The van der Waals surface area contributed by atoms with Crippen LogP contribution in [0.1, 0.15) is 10.6 Å². The van der Waals surface area contributed by atoms with Crippen molar-refractivity contribution in [2.45, 2.75) is 0 Å². The predicted molar refractivity (Wildman–Crippen MR) is 67.3 cm³/mol. The molecule has 0 aliphatic rings. The molecule has 90 valence electrons. The van der Waals surface area contributed by atoms with Crippen LogP contribution in [-0.2, 0) is 7.05 Å². The number of hydrogen-bond donors (Lipinski definition) is 2. The van der Waals surface area contributed by atoms with E-state index in [1.807, 2.05) is 18.2 Å². The minimum absolute atomic E-state index is 0.231. The second-order valence-electron chi connectivity index (χ2n) is 3.99. The number of fused-ring (bicyclic) bond motifs is 1.